The van der Waals surface area contributed by atoms with Gasteiger partial charge in [-0.1, -0.05) is 6.07 Å². The summed E-state index contributed by atoms with van der Waals surface area (Å²) in [4.78, 5) is 42.5. The van der Waals surface area contributed by atoms with E-state index in [1.807, 2.05) is 17.5 Å². The minimum Gasteiger partial charge on any atom is -0.375 e. The topological polar surface area (TPSA) is 70.2 Å². The highest BCUT2D eigenvalue weighted by Crippen LogP contribution is 2.23. The third-order valence-corrected chi connectivity index (χ3v) is 5.13. The van der Waals surface area contributed by atoms with Crippen LogP contribution in [0.3, 0.4) is 0 Å². The smallest absolute Gasteiger partial charge is 0.327 e. The molecule has 0 N–H and O–H groups in total. The zero-order valence-electron chi connectivity index (χ0n) is 12.9. The number of imide groups is 1. The van der Waals surface area contributed by atoms with E-state index in [1.54, 1.807) is 21.1 Å². The molecule has 2 aliphatic rings. The van der Waals surface area contributed by atoms with E-state index in [0.29, 0.717) is 26.1 Å². The maximum absolute atomic E-state index is 12.5. The van der Waals surface area contributed by atoms with Crippen molar-refractivity contribution in [3.8, 4) is 0 Å². The lowest BCUT2D eigenvalue weighted by Gasteiger charge is -2.35. The quantitative estimate of drug-likeness (QED) is 0.730. The summed E-state index contributed by atoms with van der Waals surface area (Å²) in [5.41, 5.74) is 0. The molecule has 3 heterocycles. The van der Waals surface area contributed by atoms with Gasteiger partial charge in [0, 0.05) is 31.6 Å². The van der Waals surface area contributed by atoms with Crippen LogP contribution in [0, 0.1) is 0 Å². The summed E-state index contributed by atoms with van der Waals surface area (Å²) in [6.07, 6.45) is 0.669. The highest BCUT2D eigenvalue weighted by atomic mass is 32.1. The van der Waals surface area contributed by atoms with E-state index in [2.05, 4.69) is 0 Å². The number of nitrogens with zero attached hydrogens (tertiary/aromatic N) is 3. The van der Waals surface area contributed by atoms with Gasteiger partial charge in [0.25, 0.3) is 5.91 Å². The predicted octanol–water partition coefficient (Wildman–Crippen LogP) is 0.412. The molecule has 23 heavy (non-hydrogen) atoms. The number of rotatable bonds is 5. The summed E-state index contributed by atoms with van der Waals surface area (Å²) in [6, 6.07) is 3.15. The van der Waals surface area contributed by atoms with E-state index in [4.69, 9.17) is 4.74 Å². The number of piperazine rings is 1. The van der Waals surface area contributed by atoms with Crippen LogP contribution in [0.2, 0.25) is 0 Å². The largest absolute Gasteiger partial charge is 0.375 e. The summed E-state index contributed by atoms with van der Waals surface area (Å²) >= 11 is 1.61. The van der Waals surface area contributed by atoms with Crippen molar-refractivity contribution in [3.05, 3.63) is 22.4 Å². The fraction of sp³-hybridized carbons (Fsp3) is 0.533. The second-order valence-electron chi connectivity index (χ2n) is 5.58. The molecule has 0 aromatic carbocycles. The van der Waals surface area contributed by atoms with E-state index in [-0.39, 0.29) is 31.0 Å². The highest BCUT2D eigenvalue weighted by molar-refractivity contribution is 7.09. The predicted molar refractivity (Wildman–Crippen MR) is 84.1 cm³/mol. The van der Waals surface area contributed by atoms with Crippen LogP contribution in [0.4, 0.5) is 4.79 Å². The molecular weight excluding hydrogens is 318 g/mol. The molecule has 0 saturated carbocycles. The van der Waals surface area contributed by atoms with Crippen LogP contribution in [0.15, 0.2) is 17.5 Å². The van der Waals surface area contributed by atoms with Crippen LogP contribution in [-0.4, -0.2) is 78.5 Å². The molecule has 2 fully saturated rings. The van der Waals surface area contributed by atoms with Gasteiger partial charge in [-0.15, -0.1) is 11.3 Å². The summed E-state index contributed by atoms with van der Waals surface area (Å²) in [7, 11) is 1.46. The van der Waals surface area contributed by atoms with Crippen molar-refractivity contribution in [2.75, 3.05) is 39.9 Å². The van der Waals surface area contributed by atoms with Crippen molar-refractivity contribution in [2.24, 2.45) is 0 Å². The molecule has 8 heteroatoms. The van der Waals surface area contributed by atoms with Gasteiger partial charge in [-0.25, -0.2) is 4.79 Å². The lowest BCUT2D eigenvalue weighted by atomic mass is 10.2. The van der Waals surface area contributed by atoms with Gasteiger partial charge in [0.05, 0.1) is 6.54 Å². The normalized spacial score (nSPS) is 21.1. The lowest BCUT2D eigenvalue weighted by molar-refractivity contribution is -0.139. The van der Waals surface area contributed by atoms with Crippen molar-refractivity contribution >= 4 is 29.2 Å². The summed E-state index contributed by atoms with van der Waals surface area (Å²) in [5.74, 6) is -0.356. The molecule has 0 spiro atoms. The van der Waals surface area contributed by atoms with Crippen LogP contribution in [-0.2, 0) is 20.7 Å². The number of carbonyl (C=O) groups is 3. The fourth-order valence-corrected chi connectivity index (χ4v) is 3.67. The van der Waals surface area contributed by atoms with Crippen molar-refractivity contribution < 1.29 is 19.1 Å². The molecular formula is C15H19N3O4S. The standard InChI is InChI=1S/C15H19N3O4S/c1-22-10-13(19)16-6-7-17-12(9-16)14(20)18(15(17)21)5-4-11-3-2-8-23-11/h2-3,8,12H,4-7,9-10H2,1H3. The van der Waals surface area contributed by atoms with Crippen molar-refractivity contribution in [1.82, 2.24) is 14.7 Å². The SMILES string of the molecule is COCC(=O)N1CCN2C(=O)N(CCc3cccs3)C(=O)C2C1. The molecule has 0 aliphatic carbocycles. The van der Waals surface area contributed by atoms with Gasteiger partial charge >= 0.3 is 6.03 Å². The Hall–Kier alpha value is -1.93. The van der Waals surface area contributed by atoms with Gasteiger partial charge in [0.2, 0.25) is 5.91 Å². The number of ether oxygens (including phenoxy) is 1. The Kier molecular flexibility index (Phi) is 4.63. The molecule has 0 radical (unpaired) electrons. The third kappa shape index (κ3) is 3.09. The Morgan fingerprint density at radius 1 is 1.39 bits per heavy atom. The van der Waals surface area contributed by atoms with Gasteiger partial charge in [0.15, 0.2) is 0 Å². The molecule has 1 unspecified atom stereocenters. The third-order valence-electron chi connectivity index (χ3n) is 4.19. The zero-order valence-corrected chi connectivity index (χ0v) is 13.8. The number of urea groups is 1. The Labute approximate surface area is 138 Å². The Bertz CT molecular complexity index is 604. The Morgan fingerprint density at radius 2 is 2.22 bits per heavy atom. The van der Waals surface area contributed by atoms with E-state index in [9.17, 15) is 14.4 Å². The van der Waals surface area contributed by atoms with Crippen LogP contribution in [0.5, 0.6) is 0 Å². The second kappa shape index (κ2) is 6.67. The average Bonchev–Trinajstić information content (AvgIpc) is 3.14. The van der Waals surface area contributed by atoms with Gasteiger partial charge in [-0.05, 0) is 17.9 Å². The molecule has 1 atom stereocenters. The van der Waals surface area contributed by atoms with Crippen molar-refractivity contribution in [1.29, 1.82) is 0 Å². The minimum atomic E-state index is -0.555. The molecule has 3 rings (SSSR count). The first-order valence-electron chi connectivity index (χ1n) is 7.53. The van der Waals surface area contributed by atoms with Crippen LogP contribution < -0.4 is 0 Å². The number of hydrogen-bond donors (Lipinski definition) is 0. The molecule has 7 nitrogen and oxygen atoms in total. The summed E-state index contributed by atoms with van der Waals surface area (Å²) < 4.78 is 4.85. The minimum absolute atomic E-state index is 0.00303. The van der Waals surface area contributed by atoms with Gasteiger partial charge in [-0.3, -0.25) is 14.5 Å². The van der Waals surface area contributed by atoms with E-state index >= 15 is 0 Å². The summed E-state index contributed by atoms with van der Waals surface area (Å²) in [6.45, 7) is 1.47. The summed E-state index contributed by atoms with van der Waals surface area (Å²) in [5, 5.41) is 1.98. The fourth-order valence-electron chi connectivity index (χ4n) is 2.98. The van der Waals surface area contributed by atoms with Crippen molar-refractivity contribution in [3.63, 3.8) is 0 Å². The Balaban J connectivity index is 1.64. The molecule has 0 bridgehead atoms. The number of carbonyl (C=O) groups excluding carboxylic acids is 3. The zero-order chi connectivity index (χ0) is 16.4. The first kappa shape index (κ1) is 15.9. The second-order valence-corrected chi connectivity index (χ2v) is 6.62. The first-order chi connectivity index (χ1) is 11.1. The van der Waals surface area contributed by atoms with E-state index < -0.39 is 6.04 Å². The maximum Gasteiger partial charge on any atom is 0.327 e. The molecule has 1 aromatic rings. The molecule has 2 saturated heterocycles. The number of thiophene rings is 1. The van der Waals surface area contributed by atoms with Crippen LogP contribution in [0.25, 0.3) is 0 Å². The number of fused-ring (bicyclic) bond motifs is 1. The Morgan fingerprint density at radius 3 is 2.91 bits per heavy atom. The molecule has 4 amide bonds. The number of hydrogen-bond acceptors (Lipinski definition) is 5. The van der Waals surface area contributed by atoms with Crippen LogP contribution in [0.1, 0.15) is 4.88 Å². The average molecular weight is 337 g/mol. The lowest BCUT2D eigenvalue weighted by Crippen LogP contribution is -2.55. The van der Waals surface area contributed by atoms with E-state index in [0.717, 1.165) is 4.88 Å². The van der Waals surface area contributed by atoms with Crippen LogP contribution >= 0.6 is 11.3 Å². The van der Waals surface area contributed by atoms with Gasteiger partial charge < -0.3 is 14.5 Å². The highest BCUT2D eigenvalue weighted by Gasteiger charge is 2.47. The molecule has 1 aromatic heterocycles. The van der Waals surface area contributed by atoms with Crippen molar-refractivity contribution in [2.45, 2.75) is 12.5 Å². The number of methoxy groups -OCH3 is 1. The maximum atomic E-state index is 12.5. The van der Waals surface area contributed by atoms with Gasteiger partial charge in [0.1, 0.15) is 12.6 Å². The molecule has 2 aliphatic heterocycles. The first-order valence-corrected chi connectivity index (χ1v) is 8.41. The number of amides is 4. The van der Waals surface area contributed by atoms with Gasteiger partial charge in [-0.2, -0.15) is 0 Å². The monoisotopic (exact) mass is 337 g/mol. The molecule has 124 valence electrons. The van der Waals surface area contributed by atoms with E-state index in [1.165, 1.54) is 12.0 Å².